The molecule has 138 valence electrons. The summed E-state index contributed by atoms with van der Waals surface area (Å²) in [5.74, 6) is 1.15. The molecule has 2 N–H and O–H groups in total. The summed E-state index contributed by atoms with van der Waals surface area (Å²) in [7, 11) is 1.72. The van der Waals surface area contributed by atoms with Crippen LogP contribution in [0, 0.1) is 23.7 Å². The lowest BCUT2D eigenvalue weighted by Crippen LogP contribution is -2.41. The van der Waals surface area contributed by atoms with Crippen molar-refractivity contribution in [2.75, 3.05) is 39.9 Å². The first-order valence-corrected chi connectivity index (χ1v) is 9.23. The Kier molecular flexibility index (Phi) is 5.73. The third-order valence-electron chi connectivity index (χ3n) is 5.38. The van der Waals surface area contributed by atoms with Gasteiger partial charge in [0.05, 0.1) is 18.4 Å². The molecule has 7 heteroatoms. The SMILES string of the molecule is CCOCCNC(=NC)NCCCN1C(=O)C2C3C=CC(C3)C2C1=O. The second-order valence-corrected chi connectivity index (χ2v) is 6.80. The van der Waals surface area contributed by atoms with Gasteiger partial charge < -0.3 is 15.4 Å². The molecule has 0 radical (unpaired) electrons. The zero-order valence-electron chi connectivity index (χ0n) is 15.0. The molecule has 2 amide bonds. The van der Waals surface area contributed by atoms with Gasteiger partial charge in [-0.2, -0.15) is 0 Å². The average Bonchev–Trinajstić information content (AvgIpc) is 3.29. The quantitative estimate of drug-likeness (QED) is 0.218. The van der Waals surface area contributed by atoms with E-state index in [2.05, 4.69) is 27.8 Å². The van der Waals surface area contributed by atoms with Crippen molar-refractivity contribution >= 4 is 17.8 Å². The summed E-state index contributed by atoms with van der Waals surface area (Å²) in [6.45, 7) is 5.12. The van der Waals surface area contributed by atoms with E-state index in [1.54, 1.807) is 7.05 Å². The van der Waals surface area contributed by atoms with Gasteiger partial charge in [-0.1, -0.05) is 12.2 Å². The summed E-state index contributed by atoms with van der Waals surface area (Å²) < 4.78 is 5.27. The number of aliphatic imine (C=N–C) groups is 1. The maximum atomic E-state index is 12.6. The van der Waals surface area contributed by atoms with E-state index in [0.717, 1.165) is 6.42 Å². The van der Waals surface area contributed by atoms with E-state index in [9.17, 15) is 9.59 Å². The topological polar surface area (TPSA) is 83.0 Å². The molecule has 4 unspecified atom stereocenters. The van der Waals surface area contributed by atoms with Crippen molar-refractivity contribution in [1.82, 2.24) is 15.5 Å². The van der Waals surface area contributed by atoms with Crippen molar-refractivity contribution in [2.24, 2.45) is 28.7 Å². The summed E-state index contributed by atoms with van der Waals surface area (Å²) in [5.41, 5.74) is 0. The number of hydrogen-bond donors (Lipinski definition) is 2. The number of rotatable bonds is 8. The fourth-order valence-electron chi connectivity index (χ4n) is 4.23. The minimum atomic E-state index is -0.0940. The molecule has 1 saturated heterocycles. The lowest BCUT2D eigenvalue weighted by molar-refractivity contribution is -0.140. The third-order valence-corrected chi connectivity index (χ3v) is 5.38. The Morgan fingerprint density at radius 1 is 1.20 bits per heavy atom. The van der Waals surface area contributed by atoms with Crippen molar-refractivity contribution in [2.45, 2.75) is 19.8 Å². The average molecular weight is 348 g/mol. The van der Waals surface area contributed by atoms with Gasteiger partial charge >= 0.3 is 0 Å². The molecule has 3 rings (SSSR count). The number of guanidine groups is 1. The maximum absolute atomic E-state index is 12.6. The van der Waals surface area contributed by atoms with Crippen LogP contribution in [0.4, 0.5) is 0 Å². The Morgan fingerprint density at radius 2 is 1.84 bits per heavy atom. The van der Waals surface area contributed by atoms with Gasteiger partial charge in [-0.15, -0.1) is 0 Å². The van der Waals surface area contributed by atoms with Crippen molar-refractivity contribution < 1.29 is 14.3 Å². The third kappa shape index (κ3) is 3.56. The summed E-state index contributed by atoms with van der Waals surface area (Å²) in [4.78, 5) is 30.8. The number of nitrogens with one attached hydrogen (secondary N) is 2. The van der Waals surface area contributed by atoms with Gasteiger partial charge in [0.1, 0.15) is 0 Å². The molecule has 4 atom stereocenters. The van der Waals surface area contributed by atoms with Crippen LogP contribution in [0.15, 0.2) is 17.1 Å². The number of likely N-dealkylation sites (tertiary alicyclic amines) is 1. The molecule has 1 saturated carbocycles. The Morgan fingerprint density at radius 3 is 2.44 bits per heavy atom. The summed E-state index contributed by atoms with van der Waals surface area (Å²) in [6, 6.07) is 0. The minimum Gasteiger partial charge on any atom is -0.380 e. The largest absolute Gasteiger partial charge is 0.380 e. The minimum absolute atomic E-state index is 0.0334. The number of nitrogens with zero attached hydrogens (tertiary/aromatic N) is 2. The molecule has 0 aromatic rings. The molecular weight excluding hydrogens is 320 g/mol. The molecule has 0 aromatic carbocycles. The van der Waals surface area contributed by atoms with Gasteiger partial charge in [0.15, 0.2) is 5.96 Å². The predicted octanol–water partition coefficient (Wildman–Crippen LogP) is 0.385. The zero-order chi connectivity index (χ0) is 17.8. The Hall–Kier alpha value is -1.89. The lowest BCUT2D eigenvalue weighted by Gasteiger charge is -2.18. The zero-order valence-corrected chi connectivity index (χ0v) is 15.0. The highest BCUT2D eigenvalue weighted by atomic mass is 16.5. The van der Waals surface area contributed by atoms with Crippen LogP contribution in [-0.2, 0) is 14.3 Å². The van der Waals surface area contributed by atoms with Crippen molar-refractivity contribution in [1.29, 1.82) is 0 Å². The van der Waals surface area contributed by atoms with E-state index in [0.29, 0.717) is 45.2 Å². The Labute approximate surface area is 148 Å². The molecule has 7 nitrogen and oxygen atoms in total. The number of amides is 2. The highest BCUT2D eigenvalue weighted by molar-refractivity contribution is 6.06. The molecular formula is C18H28N4O3. The van der Waals surface area contributed by atoms with E-state index >= 15 is 0 Å². The molecule has 2 fully saturated rings. The van der Waals surface area contributed by atoms with Crippen LogP contribution in [0.1, 0.15) is 19.8 Å². The fourth-order valence-corrected chi connectivity index (χ4v) is 4.23. The van der Waals surface area contributed by atoms with E-state index in [1.807, 2.05) is 6.92 Å². The summed E-state index contributed by atoms with van der Waals surface area (Å²) in [6.07, 6.45) is 5.94. The Balaban J connectivity index is 1.39. The van der Waals surface area contributed by atoms with Gasteiger partial charge in [0.25, 0.3) is 0 Å². The summed E-state index contributed by atoms with van der Waals surface area (Å²) >= 11 is 0. The van der Waals surface area contributed by atoms with Crippen molar-refractivity contribution in [3.63, 3.8) is 0 Å². The second kappa shape index (κ2) is 7.99. The molecule has 2 bridgehead atoms. The van der Waals surface area contributed by atoms with Crippen LogP contribution in [0.5, 0.6) is 0 Å². The first-order chi connectivity index (χ1) is 12.2. The van der Waals surface area contributed by atoms with Gasteiger partial charge in [0, 0.05) is 33.3 Å². The number of imide groups is 1. The molecule has 1 heterocycles. The number of carbonyl (C=O) groups excluding carboxylic acids is 2. The van der Waals surface area contributed by atoms with Gasteiger partial charge in [-0.3, -0.25) is 19.5 Å². The van der Waals surface area contributed by atoms with Crippen LogP contribution in [0.3, 0.4) is 0 Å². The highest BCUT2D eigenvalue weighted by Gasteiger charge is 2.58. The maximum Gasteiger partial charge on any atom is 0.233 e. The van der Waals surface area contributed by atoms with Crippen LogP contribution in [-0.4, -0.2) is 62.6 Å². The van der Waals surface area contributed by atoms with E-state index in [4.69, 9.17) is 4.74 Å². The molecule has 1 aliphatic heterocycles. The predicted molar refractivity (Wildman–Crippen MR) is 94.9 cm³/mol. The smallest absolute Gasteiger partial charge is 0.233 e. The van der Waals surface area contributed by atoms with Gasteiger partial charge in [0.2, 0.25) is 11.8 Å². The van der Waals surface area contributed by atoms with Gasteiger partial charge in [-0.25, -0.2) is 0 Å². The van der Waals surface area contributed by atoms with Crippen molar-refractivity contribution in [3.8, 4) is 0 Å². The van der Waals surface area contributed by atoms with Crippen LogP contribution in [0.25, 0.3) is 0 Å². The molecule has 2 aliphatic carbocycles. The summed E-state index contributed by atoms with van der Waals surface area (Å²) in [5, 5.41) is 6.36. The highest BCUT2D eigenvalue weighted by Crippen LogP contribution is 2.52. The standard InChI is InChI=1S/C18H28N4O3/c1-3-25-10-8-21-18(19-2)20-7-4-9-22-16(23)14-12-5-6-13(11-12)15(14)17(22)24/h5-6,12-15H,3-4,7-11H2,1-2H3,(H2,19,20,21). The second-order valence-electron chi connectivity index (χ2n) is 6.80. The monoisotopic (exact) mass is 348 g/mol. The molecule has 0 spiro atoms. The van der Waals surface area contributed by atoms with E-state index < -0.39 is 0 Å². The Bertz CT molecular complexity index is 545. The molecule has 0 aromatic heterocycles. The lowest BCUT2D eigenvalue weighted by atomic mass is 9.85. The van der Waals surface area contributed by atoms with Crippen molar-refractivity contribution in [3.05, 3.63) is 12.2 Å². The van der Waals surface area contributed by atoms with Crippen LogP contribution < -0.4 is 10.6 Å². The number of fused-ring (bicyclic) bond motifs is 5. The van der Waals surface area contributed by atoms with Gasteiger partial charge in [-0.05, 0) is 31.6 Å². The first kappa shape index (κ1) is 17.9. The number of allylic oxidation sites excluding steroid dienone is 2. The first-order valence-electron chi connectivity index (χ1n) is 9.23. The fraction of sp³-hybridized carbons (Fsp3) is 0.722. The molecule has 3 aliphatic rings. The number of ether oxygens (including phenoxy) is 1. The number of carbonyl (C=O) groups is 2. The van der Waals surface area contributed by atoms with Crippen LogP contribution >= 0.6 is 0 Å². The van der Waals surface area contributed by atoms with E-state index in [-0.39, 0.29) is 35.5 Å². The normalized spacial score (nSPS) is 30.3. The van der Waals surface area contributed by atoms with E-state index in [1.165, 1.54) is 4.90 Å². The number of hydrogen-bond acceptors (Lipinski definition) is 4. The van der Waals surface area contributed by atoms with Crippen LogP contribution in [0.2, 0.25) is 0 Å². The molecule has 25 heavy (non-hydrogen) atoms.